The molecule has 0 saturated heterocycles. The predicted molar refractivity (Wildman–Crippen MR) is 62.4 cm³/mol. The van der Waals surface area contributed by atoms with E-state index in [4.69, 9.17) is 5.11 Å². The molecule has 4 nitrogen and oxygen atoms in total. The molecule has 1 aromatic carbocycles. The van der Waals surface area contributed by atoms with Crippen LogP contribution in [0.3, 0.4) is 0 Å². The number of nitrogens with zero attached hydrogens (tertiary/aromatic N) is 1. The fraction of sp³-hybridized carbons (Fsp3) is 0.417. The molecule has 2 rings (SSSR count). The number of fused-ring (bicyclic) bond motifs is 1. The minimum atomic E-state index is -0.286. The van der Waals surface area contributed by atoms with Gasteiger partial charge in [0.2, 0.25) is 5.91 Å². The van der Waals surface area contributed by atoms with Gasteiger partial charge in [-0.2, -0.15) is 0 Å². The average molecular weight is 238 g/mol. The third-order valence-corrected chi connectivity index (χ3v) is 2.81. The number of carbonyl (C=O) groups is 1. The van der Waals surface area contributed by atoms with Crippen LogP contribution in [0.4, 0.5) is 10.1 Å². The van der Waals surface area contributed by atoms with E-state index < -0.39 is 0 Å². The second-order valence-electron chi connectivity index (χ2n) is 4.02. The molecule has 0 aromatic heterocycles. The number of aliphatic hydroxyl groups excluding tert-OH is 1. The van der Waals surface area contributed by atoms with Crippen molar-refractivity contribution in [3.05, 3.63) is 29.6 Å². The van der Waals surface area contributed by atoms with Crippen molar-refractivity contribution < 1.29 is 14.3 Å². The number of carbonyl (C=O) groups excluding carboxylic acids is 1. The van der Waals surface area contributed by atoms with Gasteiger partial charge < -0.3 is 15.3 Å². The van der Waals surface area contributed by atoms with Gasteiger partial charge in [0, 0.05) is 18.8 Å². The van der Waals surface area contributed by atoms with Gasteiger partial charge in [-0.05, 0) is 24.1 Å². The first kappa shape index (κ1) is 11.9. The molecule has 1 aromatic rings. The van der Waals surface area contributed by atoms with E-state index in [0.29, 0.717) is 0 Å². The Hall–Kier alpha value is -1.62. The molecule has 0 radical (unpaired) electrons. The van der Waals surface area contributed by atoms with Gasteiger partial charge in [0.15, 0.2) is 0 Å². The van der Waals surface area contributed by atoms with Gasteiger partial charge >= 0.3 is 0 Å². The standard InChI is InChI=1S/C12H15FN2O2/c13-10-2-1-9-3-5-15(11(9)7-10)8-12(17)14-4-6-16/h1-2,7,16H,3-6,8H2,(H,14,17). The number of hydrogen-bond acceptors (Lipinski definition) is 3. The highest BCUT2D eigenvalue weighted by atomic mass is 19.1. The van der Waals surface area contributed by atoms with Gasteiger partial charge in [0.05, 0.1) is 13.2 Å². The summed E-state index contributed by atoms with van der Waals surface area (Å²) in [6.45, 7) is 1.11. The fourth-order valence-corrected chi connectivity index (χ4v) is 2.01. The summed E-state index contributed by atoms with van der Waals surface area (Å²) in [5.41, 5.74) is 1.87. The molecule has 0 spiro atoms. The van der Waals surface area contributed by atoms with Gasteiger partial charge in [-0.3, -0.25) is 4.79 Å². The molecule has 5 heteroatoms. The Morgan fingerprint density at radius 1 is 1.53 bits per heavy atom. The second-order valence-corrected chi connectivity index (χ2v) is 4.02. The number of anilines is 1. The first-order valence-corrected chi connectivity index (χ1v) is 5.61. The minimum Gasteiger partial charge on any atom is -0.395 e. The number of rotatable bonds is 4. The van der Waals surface area contributed by atoms with Crippen molar-refractivity contribution in [2.45, 2.75) is 6.42 Å². The molecule has 0 fully saturated rings. The maximum Gasteiger partial charge on any atom is 0.239 e. The van der Waals surface area contributed by atoms with Crippen LogP contribution < -0.4 is 10.2 Å². The molecule has 0 bridgehead atoms. The number of hydrogen-bond donors (Lipinski definition) is 2. The first-order chi connectivity index (χ1) is 8.20. The van der Waals surface area contributed by atoms with Crippen molar-refractivity contribution in [3.8, 4) is 0 Å². The van der Waals surface area contributed by atoms with Crippen LogP contribution in [0.2, 0.25) is 0 Å². The van der Waals surface area contributed by atoms with E-state index in [0.717, 1.165) is 24.2 Å². The molecule has 0 aliphatic carbocycles. The number of aliphatic hydroxyl groups is 1. The summed E-state index contributed by atoms with van der Waals surface area (Å²) < 4.78 is 13.1. The van der Waals surface area contributed by atoms with E-state index in [2.05, 4.69) is 5.32 Å². The molecule has 0 unspecified atom stereocenters. The number of nitrogens with one attached hydrogen (secondary N) is 1. The molecular formula is C12H15FN2O2. The van der Waals surface area contributed by atoms with E-state index in [9.17, 15) is 9.18 Å². The summed E-state index contributed by atoms with van der Waals surface area (Å²) in [6, 6.07) is 4.66. The molecule has 1 aliphatic rings. The first-order valence-electron chi connectivity index (χ1n) is 5.61. The predicted octanol–water partition coefficient (Wildman–Crippen LogP) is 0.297. The van der Waals surface area contributed by atoms with Crippen molar-refractivity contribution in [1.29, 1.82) is 0 Å². The SMILES string of the molecule is O=C(CN1CCc2ccc(F)cc21)NCCO. The Balaban J connectivity index is 2.01. The van der Waals surface area contributed by atoms with E-state index >= 15 is 0 Å². The van der Waals surface area contributed by atoms with Gasteiger partial charge in [0.25, 0.3) is 0 Å². The Bertz CT molecular complexity index is 423. The molecule has 0 saturated carbocycles. The van der Waals surface area contributed by atoms with Gasteiger partial charge in [0.1, 0.15) is 5.82 Å². The third-order valence-electron chi connectivity index (χ3n) is 2.81. The highest BCUT2D eigenvalue weighted by molar-refractivity contribution is 5.82. The highest BCUT2D eigenvalue weighted by Crippen LogP contribution is 2.28. The average Bonchev–Trinajstić information content (AvgIpc) is 2.69. The third kappa shape index (κ3) is 2.74. The maximum absolute atomic E-state index is 13.1. The summed E-state index contributed by atoms with van der Waals surface area (Å²) in [4.78, 5) is 13.3. The van der Waals surface area contributed by atoms with Crippen LogP contribution in [-0.4, -0.2) is 37.3 Å². The van der Waals surface area contributed by atoms with Crippen molar-refractivity contribution in [3.63, 3.8) is 0 Å². The lowest BCUT2D eigenvalue weighted by molar-refractivity contribution is -0.119. The van der Waals surface area contributed by atoms with Crippen molar-refractivity contribution in [2.75, 3.05) is 31.1 Å². The fourth-order valence-electron chi connectivity index (χ4n) is 2.01. The largest absolute Gasteiger partial charge is 0.395 e. The van der Waals surface area contributed by atoms with Crippen LogP contribution in [0.15, 0.2) is 18.2 Å². The van der Waals surface area contributed by atoms with E-state index in [-0.39, 0.29) is 31.4 Å². The summed E-state index contributed by atoms with van der Waals surface area (Å²) >= 11 is 0. The highest BCUT2D eigenvalue weighted by Gasteiger charge is 2.21. The van der Waals surface area contributed by atoms with Crippen LogP contribution in [0, 0.1) is 5.82 Å². The van der Waals surface area contributed by atoms with E-state index in [1.54, 1.807) is 6.07 Å². The number of amides is 1. The summed E-state index contributed by atoms with van der Waals surface area (Å²) in [5, 5.41) is 11.2. The zero-order valence-corrected chi connectivity index (χ0v) is 9.45. The van der Waals surface area contributed by atoms with Crippen LogP contribution in [0.25, 0.3) is 0 Å². The van der Waals surface area contributed by atoms with Gasteiger partial charge in [-0.15, -0.1) is 0 Å². The Morgan fingerprint density at radius 2 is 2.35 bits per heavy atom. The molecule has 0 atom stereocenters. The molecule has 2 N–H and O–H groups in total. The summed E-state index contributed by atoms with van der Waals surface area (Å²) in [6.07, 6.45) is 0.836. The van der Waals surface area contributed by atoms with Crippen LogP contribution in [0.1, 0.15) is 5.56 Å². The topological polar surface area (TPSA) is 52.6 Å². The molecule has 1 amide bonds. The number of benzene rings is 1. The normalized spacial score (nSPS) is 13.6. The molecule has 17 heavy (non-hydrogen) atoms. The molecule has 1 aliphatic heterocycles. The Labute approximate surface area is 99.0 Å². The molecule has 92 valence electrons. The smallest absolute Gasteiger partial charge is 0.239 e. The zero-order valence-electron chi connectivity index (χ0n) is 9.45. The van der Waals surface area contributed by atoms with E-state index in [1.165, 1.54) is 12.1 Å². The maximum atomic E-state index is 13.1. The van der Waals surface area contributed by atoms with Crippen LogP contribution in [-0.2, 0) is 11.2 Å². The van der Waals surface area contributed by atoms with E-state index in [1.807, 2.05) is 4.90 Å². The zero-order chi connectivity index (χ0) is 12.3. The lowest BCUT2D eigenvalue weighted by atomic mass is 10.2. The van der Waals surface area contributed by atoms with Crippen LogP contribution >= 0.6 is 0 Å². The van der Waals surface area contributed by atoms with Crippen molar-refractivity contribution in [2.24, 2.45) is 0 Å². The van der Waals surface area contributed by atoms with Gasteiger partial charge in [-0.25, -0.2) is 4.39 Å². The number of halogens is 1. The van der Waals surface area contributed by atoms with Crippen molar-refractivity contribution >= 4 is 11.6 Å². The van der Waals surface area contributed by atoms with Crippen molar-refractivity contribution in [1.82, 2.24) is 5.32 Å². The Morgan fingerprint density at radius 3 is 3.12 bits per heavy atom. The Kier molecular flexibility index (Phi) is 3.58. The monoisotopic (exact) mass is 238 g/mol. The minimum absolute atomic E-state index is 0.0725. The molecular weight excluding hydrogens is 223 g/mol. The quantitative estimate of drug-likeness (QED) is 0.793. The lowest BCUT2D eigenvalue weighted by Gasteiger charge is -2.18. The van der Waals surface area contributed by atoms with Crippen LogP contribution in [0.5, 0.6) is 0 Å². The lowest BCUT2D eigenvalue weighted by Crippen LogP contribution is -2.37. The molecule has 1 heterocycles. The summed E-state index contributed by atoms with van der Waals surface area (Å²) in [5.74, 6) is -0.442. The van der Waals surface area contributed by atoms with Gasteiger partial charge in [-0.1, -0.05) is 6.07 Å². The summed E-state index contributed by atoms with van der Waals surface area (Å²) in [7, 11) is 0. The second kappa shape index (κ2) is 5.14.